The molecule has 0 aliphatic carbocycles. The zero-order chi connectivity index (χ0) is 17.0. The highest BCUT2D eigenvalue weighted by molar-refractivity contribution is 5.81. The van der Waals surface area contributed by atoms with Gasteiger partial charge in [-0.1, -0.05) is 6.07 Å². The van der Waals surface area contributed by atoms with Crippen LogP contribution >= 0.6 is 0 Å². The molecule has 0 radical (unpaired) electrons. The zero-order valence-electron chi connectivity index (χ0n) is 13.5. The number of aromatic amines is 1. The maximum atomic E-state index is 12.1. The van der Waals surface area contributed by atoms with Crippen molar-refractivity contribution in [2.75, 3.05) is 19.8 Å². The summed E-state index contributed by atoms with van der Waals surface area (Å²) < 4.78 is 5.24. The smallest absolute Gasteiger partial charge is 0.311 e. The van der Waals surface area contributed by atoms with Gasteiger partial charge in [-0.15, -0.1) is 0 Å². The van der Waals surface area contributed by atoms with Crippen LogP contribution in [0.5, 0.6) is 0 Å². The van der Waals surface area contributed by atoms with Crippen LogP contribution in [0.2, 0.25) is 0 Å². The summed E-state index contributed by atoms with van der Waals surface area (Å²) in [6, 6.07) is 8.07. The summed E-state index contributed by atoms with van der Waals surface area (Å²) in [4.78, 5) is 26.8. The van der Waals surface area contributed by atoms with Crippen molar-refractivity contribution in [3.8, 4) is 0 Å². The van der Waals surface area contributed by atoms with E-state index in [1.54, 1.807) is 0 Å². The van der Waals surface area contributed by atoms with Crippen molar-refractivity contribution in [1.82, 2.24) is 10.3 Å². The number of carbonyl (C=O) groups excluding carboxylic acids is 1. The molecule has 1 aromatic heterocycles. The van der Waals surface area contributed by atoms with Gasteiger partial charge in [0.25, 0.3) is 0 Å². The number of aryl methyl sites for hydroxylation is 1. The van der Waals surface area contributed by atoms with Crippen molar-refractivity contribution in [2.24, 2.45) is 5.41 Å². The number of amides is 1. The first-order valence-electron chi connectivity index (χ1n) is 8.23. The third-order valence-electron chi connectivity index (χ3n) is 4.79. The van der Waals surface area contributed by atoms with Gasteiger partial charge in [-0.05, 0) is 48.4 Å². The lowest BCUT2D eigenvalue weighted by molar-refractivity contribution is -0.154. The maximum Gasteiger partial charge on any atom is 0.311 e. The second kappa shape index (κ2) is 7.05. The first kappa shape index (κ1) is 16.5. The Labute approximate surface area is 140 Å². The van der Waals surface area contributed by atoms with Crippen LogP contribution in [0.15, 0.2) is 30.5 Å². The summed E-state index contributed by atoms with van der Waals surface area (Å²) in [7, 11) is 0. The van der Waals surface area contributed by atoms with Gasteiger partial charge in [-0.25, -0.2) is 0 Å². The van der Waals surface area contributed by atoms with Crippen molar-refractivity contribution in [2.45, 2.75) is 25.7 Å². The number of hydrogen-bond acceptors (Lipinski definition) is 3. The van der Waals surface area contributed by atoms with Crippen LogP contribution in [-0.4, -0.2) is 41.7 Å². The maximum absolute atomic E-state index is 12.1. The molecule has 0 atom stereocenters. The van der Waals surface area contributed by atoms with Gasteiger partial charge in [0.05, 0.1) is 5.41 Å². The third kappa shape index (κ3) is 3.59. The lowest BCUT2D eigenvalue weighted by Gasteiger charge is -2.33. The fourth-order valence-electron chi connectivity index (χ4n) is 3.10. The number of hydrogen-bond donors (Lipinski definition) is 3. The monoisotopic (exact) mass is 330 g/mol. The van der Waals surface area contributed by atoms with Gasteiger partial charge in [0, 0.05) is 37.9 Å². The van der Waals surface area contributed by atoms with Crippen molar-refractivity contribution in [3.63, 3.8) is 0 Å². The molecule has 24 heavy (non-hydrogen) atoms. The van der Waals surface area contributed by atoms with Gasteiger partial charge in [0.2, 0.25) is 5.91 Å². The minimum Gasteiger partial charge on any atom is -0.481 e. The molecule has 1 fully saturated rings. The Hall–Kier alpha value is -2.34. The fraction of sp³-hybridized carbons (Fsp3) is 0.444. The molecule has 0 saturated carbocycles. The van der Waals surface area contributed by atoms with Crippen LogP contribution in [0, 0.1) is 5.41 Å². The quantitative estimate of drug-likeness (QED) is 0.756. The Bertz CT molecular complexity index is 731. The number of aliphatic carboxylic acids is 1. The highest BCUT2D eigenvalue weighted by Crippen LogP contribution is 2.30. The third-order valence-corrected chi connectivity index (χ3v) is 4.79. The summed E-state index contributed by atoms with van der Waals surface area (Å²) in [5, 5.41) is 13.4. The van der Waals surface area contributed by atoms with Gasteiger partial charge in [-0.3, -0.25) is 9.59 Å². The van der Waals surface area contributed by atoms with Crippen LogP contribution in [-0.2, 0) is 20.7 Å². The standard InChI is InChI=1S/C18H22N2O4/c21-16(20-12-18(17(22)23)6-9-24-10-7-18)4-2-13-1-3-15-14(11-13)5-8-19-15/h1,3,5,8,11,19H,2,4,6-7,9-10,12H2,(H,20,21)(H,22,23). The number of carboxylic acids is 1. The SMILES string of the molecule is O=C(CCc1ccc2[nH]ccc2c1)NCC1(C(=O)O)CCOCC1. The number of ether oxygens (including phenoxy) is 1. The Morgan fingerprint density at radius 3 is 2.79 bits per heavy atom. The molecule has 1 saturated heterocycles. The van der Waals surface area contributed by atoms with E-state index >= 15 is 0 Å². The van der Waals surface area contributed by atoms with Crippen LogP contribution in [0.4, 0.5) is 0 Å². The van der Waals surface area contributed by atoms with Gasteiger partial charge < -0.3 is 20.1 Å². The number of benzene rings is 1. The topological polar surface area (TPSA) is 91.4 Å². The molecule has 1 amide bonds. The molecule has 3 N–H and O–H groups in total. The molecule has 3 rings (SSSR count). The molecule has 128 valence electrons. The average Bonchev–Trinajstić information content (AvgIpc) is 3.06. The van der Waals surface area contributed by atoms with Gasteiger partial charge in [0.1, 0.15) is 0 Å². The number of carboxylic acid groups (broad SMARTS) is 1. The van der Waals surface area contributed by atoms with Crippen LogP contribution in [0.3, 0.4) is 0 Å². The van der Waals surface area contributed by atoms with Crippen molar-refractivity contribution in [3.05, 3.63) is 36.0 Å². The van der Waals surface area contributed by atoms with E-state index in [-0.39, 0.29) is 12.5 Å². The largest absolute Gasteiger partial charge is 0.481 e. The van der Waals surface area contributed by atoms with Crippen molar-refractivity contribution < 1.29 is 19.4 Å². The lowest BCUT2D eigenvalue weighted by Crippen LogP contribution is -2.46. The molecule has 6 heteroatoms. The second-order valence-electron chi connectivity index (χ2n) is 6.37. The molecule has 0 spiro atoms. The number of carbonyl (C=O) groups is 2. The van der Waals surface area contributed by atoms with Crippen LogP contribution in [0.1, 0.15) is 24.8 Å². The summed E-state index contributed by atoms with van der Waals surface area (Å²) >= 11 is 0. The van der Waals surface area contributed by atoms with E-state index in [4.69, 9.17) is 4.74 Å². The normalized spacial score (nSPS) is 16.8. The number of nitrogens with one attached hydrogen (secondary N) is 2. The number of aromatic nitrogens is 1. The minimum absolute atomic E-state index is 0.115. The molecule has 2 aromatic rings. The molecular weight excluding hydrogens is 308 g/mol. The van der Waals surface area contributed by atoms with E-state index in [0.29, 0.717) is 38.9 Å². The van der Waals surface area contributed by atoms with Crippen molar-refractivity contribution in [1.29, 1.82) is 0 Å². The minimum atomic E-state index is -0.891. The summed E-state index contributed by atoms with van der Waals surface area (Å²) in [6.07, 6.45) is 3.75. The molecule has 6 nitrogen and oxygen atoms in total. The predicted octanol–water partition coefficient (Wildman–Crippen LogP) is 2.10. The Balaban J connectivity index is 1.52. The van der Waals surface area contributed by atoms with E-state index in [1.165, 1.54) is 0 Å². The summed E-state index contributed by atoms with van der Waals surface area (Å²) in [5.41, 5.74) is 1.28. The highest BCUT2D eigenvalue weighted by atomic mass is 16.5. The molecule has 0 unspecified atom stereocenters. The van der Waals surface area contributed by atoms with E-state index in [2.05, 4.69) is 16.4 Å². The van der Waals surface area contributed by atoms with Gasteiger partial charge >= 0.3 is 5.97 Å². The predicted molar refractivity (Wildman–Crippen MR) is 89.8 cm³/mol. The molecule has 1 aromatic carbocycles. The Morgan fingerprint density at radius 2 is 2.04 bits per heavy atom. The first-order valence-corrected chi connectivity index (χ1v) is 8.23. The highest BCUT2D eigenvalue weighted by Gasteiger charge is 2.40. The number of fused-ring (bicyclic) bond motifs is 1. The van der Waals surface area contributed by atoms with E-state index in [1.807, 2.05) is 24.4 Å². The Kier molecular flexibility index (Phi) is 4.85. The Morgan fingerprint density at radius 1 is 1.25 bits per heavy atom. The summed E-state index contributed by atoms with van der Waals surface area (Å²) in [5.74, 6) is -0.972. The van der Waals surface area contributed by atoms with Crippen LogP contribution in [0.25, 0.3) is 10.9 Å². The molecule has 2 heterocycles. The van der Waals surface area contributed by atoms with Crippen LogP contribution < -0.4 is 5.32 Å². The fourth-order valence-corrected chi connectivity index (χ4v) is 3.10. The van der Waals surface area contributed by atoms with E-state index in [9.17, 15) is 14.7 Å². The number of rotatable bonds is 6. The molecule has 1 aliphatic heterocycles. The molecule has 1 aliphatic rings. The molecular formula is C18H22N2O4. The van der Waals surface area contributed by atoms with E-state index < -0.39 is 11.4 Å². The summed E-state index contributed by atoms with van der Waals surface area (Å²) in [6.45, 7) is 1.03. The molecule has 0 bridgehead atoms. The second-order valence-corrected chi connectivity index (χ2v) is 6.37. The number of H-pyrrole nitrogens is 1. The van der Waals surface area contributed by atoms with Gasteiger partial charge in [0.15, 0.2) is 0 Å². The van der Waals surface area contributed by atoms with E-state index in [0.717, 1.165) is 16.5 Å². The van der Waals surface area contributed by atoms with Gasteiger partial charge in [-0.2, -0.15) is 0 Å². The zero-order valence-corrected chi connectivity index (χ0v) is 13.5. The lowest BCUT2D eigenvalue weighted by atomic mass is 9.80. The average molecular weight is 330 g/mol. The van der Waals surface area contributed by atoms with Crippen molar-refractivity contribution >= 4 is 22.8 Å². The first-order chi connectivity index (χ1) is 11.6.